The lowest BCUT2D eigenvalue weighted by Gasteiger charge is -2.27. The second-order valence-electron chi connectivity index (χ2n) is 6.61. The lowest BCUT2D eigenvalue weighted by molar-refractivity contribution is -0.112. The van der Waals surface area contributed by atoms with Gasteiger partial charge in [0.25, 0.3) is 0 Å². The molecule has 0 aliphatic heterocycles. The first kappa shape index (κ1) is 19.5. The number of ketones is 1. The number of halogens is 2. The number of hydrogen-bond acceptors (Lipinski definition) is 2. The first-order valence-corrected chi connectivity index (χ1v) is 9.03. The van der Waals surface area contributed by atoms with Crippen molar-refractivity contribution in [2.45, 2.75) is 20.0 Å². The highest BCUT2D eigenvalue weighted by Gasteiger charge is 2.12. The number of allylic oxidation sites excluding steroid dienone is 1. The molecule has 0 unspecified atom stereocenters. The first-order valence-electron chi connectivity index (χ1n) is 9.03. The van der Waals surface area contributed by atoms with E-state index in [9.17, 15) is 13.6 Å². The Morgan fingerprint density at radius 1 is 0.821 bits per heavy atom. The molecule has 0 aromatic heterocycles. The van der Waals surface area contributed by atoms with Crippen molar-refractivity contribution in [3.63, 3.8) is 0 Å². The topological polar surface area (TPSA) is 20.3 Å². The summed E-state index contributed by atoms with van der Waals surface area (Å²) in [5, 5.41) is 0. The van der Waals surface area contributed by atoms with E-state index in [0.29, 0.717) is 13.1 Å². The van der Waals surface area contributed by atoms with Gasteiger partial charge in [-0.2, -0.15) is 0 Å². The molecule has 3 aromatic rings. The van der Waals surface area contributed by atoms with Gasteiger partial charge in [-0.15, -0.1) is 0 Å². The van der Waals surface area contributed by atoms with Crippen molar-refractivity contribution in [3.05, 3.63) is 107 Å². The summed E-state index contributed by atoms with van der Waals surface area (Å²) in [6, 6.07) is 20.5. The van der Waals surface area contributed by atoms with Gasteiger partial charge in [0.2, 0.25) is 0 Å². The predicted octanol–water partition coefficient (Wildman–Crippen LogP) is 5.77. The fourth-order valence-corrected chi connectivity index (χ4v) is 2.97. The molecule has 0 spiro atoms. The Kier molecular flexibility index (Phi) is 6.33. The Bertz CT molecular complexity index is 915. The zero-order valence-corrected chi connectivity index (χ0v) is 15.6. The van der Waals surface area contributed by atoms with Crippen LogP contribution in [0.1, 0.15) is 23.6 Å². The van der Waals surface area contributed by atoms with Crippen molar-refractivity contribution in [3.8, 4) is 0 Å². The fraction of sp³-hybridized carbons (Fsp3) is 0.125. The normalized spacial score (nSPS) is 11.0. The van der Waals surface area contributed by atoms with Crippen molar-refractivity contribution in [2.24, 2.45) is 0 Å². The van der Waals surface area contributed by atoms with E-state index in [1.807, 2.05) is 24.3 Å². The first-order chi connectivity index (χ1) is 13.5. The molecule has 142 valence electrons. The minimum absolute atomic E-state index is 0.0292. The third-order valence-corrected chi connectivity index (χ3v) is 4.35. The van der Waals surface area contributed by atoms with Crippen LogP contribution in [-0.4, -0.2) is 5.78 Å². The number of para-hydroxylation sites is 1. The molecule has 0 atom stereocenters. The SMILES string of the molecule is CC(=O)/C=C/c1ccccc1N(Cc1ccc(F)cc1)Cc1ccc(F)cc1. The maximum atomic E-state index is 13.3. The molecule has 0 N–H and O–H groups in total. The lowest BCUT2D eigenvalue weighted by Crippen LogP contribution is -2.23. The maximum Gasteiger partial charge on any atom is 0.152 e. The van der Waals surface area contributed by atoms with Crippen LogP contribution < -0.4 is 4.90 Å². The molecule has 0 heterocycles. The van der Waals surface area contributed by atoms with Crippen LogP contribution >= 0.6 is 0 Å². The second-order valence-corrected chi connectivity index (χ2v) is 6.61. The average molecular weight is 377 g/mol. The Hall–Kier alpha value is -3.27. The van der Waals surface area contributed by atoms with E-state index in [0.717, 1.165) is 22.4 Å². The van der Waals surface area contributed by atoms with Crippen LogP contribution in [0.2, 0.25) is 0 Å². The highest BCUT2D eigenvalue weighted by Crippen LogP contribution is 2.26. The van der Waals surface area contributed by atoms with Crippen molar-refractivity contribution >= 4 is 17.5 Å². The van der Waals surface area contributed by atoms with E-state index in [4.69, 9.17) is 0 Å². The molecule has 0 saturated heterocycles. The van der Waals surface area contributed by atoms with Gasteiger partial charge in [-0.25, -0.2) is 8.78 Å². The average Bonchev–Trinajstić information content (AvgIpc) is 2.69. The Labute approximate surface area is 163 Å². The number of rotatable bonds is 7. The number of benzene rings is 3. The third kappa shape index (κ3) is 5.36. The number of carbonyl (C=O) groups is 1. The Morgan fingerprint density at radius 2 is 1.32 bits per heavy atom. The van der Waals surface area contributed by atoms with E-state index in [1.165, 1.54) is 37.3 Å². The number of anilines is 1. The molecule has 0 radical (unpaired) electrons. The van der Waals surface area contributed by atoms with E-state index in [1.54, 1.807) is 30.3 Å². The zero-order valence-electron chi connectivity index (χ0n) is 15.6. The minimum Gasteiger partial charge on any atom is -0.362 e. The van der Waals surface area contributed by atoms with Crippen LogP contribution in [0, 0.1) is 11.6 Å². The van der Waals surface area contributed by atoms with Gasteiger partial charge < -0.3 is 4.90 Å². The summed E-state index contributed by atoms with van der Waals surface area (Å²) in [4.78, 5) is 13.5. The standard InChI is InChI=1S/C24H21F2NO/c1-18(28)6-11-21-4-2-3-5-24(21)27(16-19-7-12-22(25)13-8-19)17-20-9-14-23(26)15-10-20/h2-15H,16-17H2,1H3/b11-6+. The smallest absolute Gasteiger partial charge is 0.152 e. The summed E-state index contributed by atoms with van der Waals surface area (Å²) in [5.74, 6) is -0.587. The van der Waals surface area contributed by atoms with Gasteiger partial charge in [0.15, 0.2) is 5.78 Å². The van der Waals surface area contributed by atoms with Gasteiger partial charge in [0.05, 0.1) is 0 Å². The largest absolute Gasteiger partial charge is 0.362 e. The van der Waals surface area contributed by atoms with Crippen LogP contribution in [0.15, 0.2) is 78.9 Å². The quantitative estimate of drug-likeness (QED) is 0.487. The second kappa shape index (κ2) is 9.09. The molecule has 0 aliphatic rings. The van der Waals surface area contributed by atoms with Crippen LogP contribution in [0.4, 0.5) is 14.5 Å². The molecule has 2 nitrogen and oxygen atoms in total. The molecule has 3 aromatic carbocycles. The Balaban J connectivity index is 1.96. The van der Waals surface area contributed by atoms with Crippen LogP contribution in [0.5, 0.6) is 0 Å². The van der Waals surface area contributed by atoms with Crippen LogP contribution in [0.3, 0.4) is 0 Å². The van der Waals surface area contributed by atoms with Gasteiger partial charge in [-0.05, 0) is 66.1 Å². The monoisotopic (exact) mass is 377 g/mol. The van der Waals surface area contributed by atoms with Gasteiger partial charge in [0.1, 0.15) is 11.6 Å². The van der Waals surface area contributed by atoms with E-state index in [-0.39, 0.29) is 17.4 Å². The molecular formula is C24H21F2NO. The number of nitrogens with zero attached hydrogens (tertiary/aromatic N) is 1. The summed E-state index contributed by atoms with van der Waals surface area (Å²) in [7, 11) is 0. The van der Waals surface area contributed by atoms with E-state index < -0.39 is 0 Å². The molecule has 0 aliphatic carbocycles. The van der Waals surface area contributed by atoms with E-state index >= 15 is 0 Å². The van der Waals surface area contributed by atoms with Crippen LogP contribution in [-0.2, 0) is 17.9 Å². The molecular weight excluding hydrogens is 356 g/mol. The Morgan fingerprint density at radius 3 is 1.82 bits per heavy atom. The molecule has 0 saturated carbocycles. The number of carbonyl (C=O) groups excluding carboxylic acids is 1. The van der Waals surface area contributed by atoms with Gasteiger partial charge in [-0.1, -0.05) is 42.5 Å². The highest BCUT2D eigenvalue weighted by molar-refractivity contribution is 5.92. The summed E-state index contributed by atoms with van der Waals surface area (Å²) in [6.07, 6.45) is 3.33. The molecule has 4 heteroatoms. The summed E-state index contributed by atoms with van der Waals surface area (Å²) in [6.45, 7) is 2.60. The molecule has 3 rings (SSSR count). The summed E-state index contributed by atoms with van der Waals surface area (Å²) >= 11 is 0. The number of hydrogen-bond donors (Lipinski definition) is 0. The van der Waals surface area contributed by atoms with Crippen molar-refractivity contribution in [1.29, 1.82) is 0 Å². The van der Waals surface area contributed by atoms with Crippen molar-refractivity contribution in [2.75, 3.05) is 4.90 Å². The summed E-state index contributed by atoms with van der Waals surface area (Å²) < 4.78 is 26.6. The van der Waals surface area contributed by atoms with Crippen molar-refractivity contribution < 1.29 is 13.6 Å². The molecule has 0 bridgehead atoms. The van der Waals surface area contributed by atoms with Crippen molar-refractivity contribution in [1.82, 2.24) is 0 Å². The zero-order chi connectivity index (χ0) is 19.9. The van der Waals surface area contributed by atoms with Crippen LogP contribution in [0.25, 0.3) is 6.08 Å². The molecule has 28 heavy (non-hydrogen) atoms. The summed E-state index contributed by atoms with van der Waals surface area (Å²) in [5.41, 5.74) is 3.75. The fourth-order valence-electron chi connectivity index (χ4n) is 2.97. The van der Waals surface area contributed by atoms with Gasteiger partial charge in [-0.3, -0.25) is 4.79 Å². The predicted molar refractivity (Wildman–Crippen MR) is 109 cm³/mol. The van der Waals surface area contributed by atoms with E-state index in [2.05, 4.69) is 4.90 Å². The third-order valence-electron chi connectivity index (χ3n) is 4.35. The highest BCUT2D eigenvalue weighted by atomic mass is 19.1. The minimum atomic E-state index is -0.279. The maximum absolute atomic E-state index is 13.3. The molecule has 0 amide bonds. The lowest BCUT2D eigenvalue weighted by atomic mass is 10.1. The molecule has 0 fully saturated rings. The van der Waals surface area contributed by atoms with Gasteiger partial charge >= 0.3 is 0 Å². The van der Waals surface area contributed by atoms with Gasteiger partial charge in [0, 0.05) is 18.8 Å².